The van der Waals surface area contributed by atoms with Gasteiger partial charge in [0.05, 0.1) is 12.9 Å². The Hall–Kier alpha value is -0.720. The zero-order valence-electron chi connectivity index (χ0n) is 5.97. The van der Waals surface area contributed by atoms with Gasteiger partial charge in [-0.3, -0.25) is 0 Å². The van der Waals surface area contributed by atoms with Crippen molar-refractivity contribution in [2.24, 2.45) is 0 Å². The van der Waals surface area contributed by atoms with Gasteiger partial charge in [0.2, 0.25) is 0 Å². The van der Waals surface area contributed by atoms with E-state index in [1.165, 1.54) is 0 Å². The van der Waals surface area contributed by atoms with E-state index >= 15 is 0 Å². The van der Waals surface area contributed by atoms with Crippen LogP contribution >= 0.6 is 0 Å². The van der Waals surface area contributed by atoms with Crippen molar-refractivity contribution in [3.05, 3.63) is 25.0 Å². The van der Waals surface area contributed by atoms with E-state index in [1.807, 2.05) is 12.2 Å². The topological polar surface area (TPSA) is 9.23 Å². The Kier molecular flexibility index (Phi) is 6.70. The number of rotatable bonds is 5. The van der Waals surface area contributed by atoms with Crippen LogP contribution in [0.1, 0.15) is 19.8 Å². The molecule has 52 valence electrons. The van der Waals surface area contributed by atoms with Crippen LogP contribution in [0.15, 0.2) is 25.0 Å². The van der Waals surface area contributed by atoms with Crippen molar-refractivity contribution < 1.29 is 4.74 Å². The summed E-state index contributed by atoms with van der Waals surface area (Å²) in [6.45, 7) is 6.40. The van der Waals surface area contributed by atoms with Crippen LogP contribution in [-0.2, 0) is 4.74 Å². The molecule has 0 amide bonds. The minimum absolute atomic E-state index is 0.750. The minimum atomic E-state index is 0.750. The molecule has 0 aromatic carbocycles. The summed E-state index contributed by atoms with van der Waals surface area (Å²) in [4.78, 5) is 0. The number of allylic oxidation sites excluding steroid dienone is 1. The fourth-order valence-corrected chi connectivity index (χ4v) is 0.384. The highest BCUT2D eigenvalue weighted by Gasteiger charge is 1.74. The molecule has 0 unspecified atom stereocenters. The van der Waals surface area contributed by atoms with Gasteiger partial charge in [0.25, 0.3) is 0 Å². The Morgan fingerprint density at radius 3 is 2.89 bits per heavy atom. The molecular weight excluding hydrogens is 112 g/mol. The van der Waals surface area contributed by atoms with E-state index in [0.717, 1.165) is 19.4 Å². The predicted molar refractivity (Wildman–Crippen MR) is 40.2 cm³/mol. The lowest BCUT2D eigenvalue weighted by Gasteiger charge is -1.93. The molecule has 0 fully saturated rings. The van der Waals surface area contributed by atoms with Crippen LogP contribution in [0.4, 0.5) is 0 Å². The lowest BCUT2D eigenvalue weighted by molar-refractivity contribution is 0.255. The molecule has 0 aromatic rings. The predicted octanol–water partition coefficient (Wildman–Crippen LogP) is 2.50. The summed E-state index contributed by atoms with van der Waals surface area (Å²) in [6, 6.07) is 0. The van der Waals surface area contributed by atoms with Gasteiger partial charge in [-0.05, 0) is 12.8 Å². The van der Waals surface area contributed by atoms with Crippen molar-refractivity contribution in [1.29, 1.82) is 0 Å². The zero-order valence-corrected chi connectivity index (χ0v) is 5.97. The van der Waals surface area contributed by atoms with Crippen LogP contribution in [-0.4, -0.2) is 6.61 Å². The summed E-state index contributed by atoms with van der Waals surface area (Å²) < 4.78 is 5.06. The maximum Gasteiger partial charge on any atom is 0.0907 e. The molecule has 0 heterocycles. The third kappa shape index (κ3) is 7.28. The van der Waals surface area contributed by atoms with Crippen LogP contribution in [0.5, 0.6) is 0 Å². The Morgan fingerprint density at radius 1 is 1.56 bits per heavy atom. The first-order valence-corrected chi connectivity index (χ1v) is 3.29. The molecule has 0 aliphatic rings. The Morgan fingerprint density at radius 2 is 2.33 bits per heavy atom. The van der Waals surface area contributed by atoms with Crippen LogP contribution < -0.4 is 0 Å². The SMILES string of the molecule is C=CCCOC=CCC. The molecule has 0 atom stereocenters. The van der Waals surface area contributed by atoms with E-state index < -0.39 is 0 Å². The molecule has 1 nitrogen and oxygen atoms in total. The number of ether oxygens (including phenoxy) is 1. The van der Waals surface area contributed by atoms with Gasteiger partial charge in [-0.15, -0.1) is 6.58 Å². The first-order chi connectivity index (χ1) is 4.41. The molecule has 0 saturated carbocycles. The van der Waals surface area contributed by atoms with Crippen molar-refractivity contribution in [1.82, 2.24) is 0 Å². The molecule has 9 heavy (non-hydrogen) atoms. The highest BCUT2D eigenvalue weighted by atomic mass is 16.5. The first-order valence-electron chi connectivity index (χ1n) is 3.29. The zero-order chi connectivity index (χ0) is 6.95. The van der Waals surface area contributed by atoms with Crippen LogP contribution in [0.3, 0.4) is 0 Å². The van der Waals surface area contributed by atoms with Gasteiger partial charge in [-0.1, -0.05) is 19.1 Å². The van der Waals surface area contributed by atoms with E-state index in [9.17, 15) is 0 Å². The molecule has 0 N–H and O–H groups in total. The Bertz CT molecular complexity index is 84.6. The third-order valence-electron chi connectivity index (χ3n) is 0.868. The largest absolute Gasteiger partial charge is 0.501 e. The van der Waals surface area contributed by atoms with Crippen LogP contribution in [0, 0.1) is 0 Å². The van der Waals surface area contributed by atoms with Crippen molar-refractivity contribution in [3.8, 4) is 0 Å². The molecule has 0 radical (unpaired) electrons. The van der Waals surface area contributed by atoms with Crippen molar-refractivity contribution >= 4 is 0 Å². The lowest BCUT2D eigenvalue weighted by Crippen LogP contribution is -1.82. The summed E-state index contributed by atoms with van der Waals surface area (Å²) in [6.07, 6.45) is 7.54. The van der Waals surface area contributed by atoms with Crippen molar-refractivity contribution in [3.63, 3.8) is 0 Å². The second kappa shape index (κ2) is 7.28. The van der Waals surface area contributed by atoms with E-state index in [-0.39, 0.29) is 0 Å². The van der Waals surface area contributed by atoms with Crippen LogP contribution in [0.2, 0.25) is 0 Å². The van der Waals surface area contributed by atoms with E-state index in [1.54, 1.807) is 6.26 Å². The first kappa shape index (κ1) is 8.28. The summed E-state index contributed by atoms with van der Waals surface area (Å²) in [5.74, 6) is 0. The molecule has 0 aliphatic carbocycles. The summed E-state index contributed by atoms with van der Waals surface area (Å²) >= 11 is 0. The molecule has 1 heteroatoms. The normalized spacial score (nSPS) is 9.89. The van der Waals surface area contributed by atoms with Gasteiger partial charge < -0.3 is 4.74 Å². The van der Waals surface area contributed by atoms with Crippen molar-refractivity contribution in [2.75, 3.05) is 6.61 Å². The minimum Gasteiger partial charge on any atom is -0.501 e. The lowest BCUT2D eigenvalue weighted by atomic mass is 10.4. The average molecular weight is 126 g/mol. The van der Waals surface area contributed by atoms with Gasteiger partial charge in [-0.2, -0.15) is 0 Å². The van der Waals surface area contributed by atoms with Gasteiger partial charge in [-0.25, -0.2) is 0 Å². The Labute approximate surface area is 57.0 Å². The molecule has 0 saturated heterocycles. The van der Waals surface area contributed by atoms with Gasteiger partial charge in [0, 0.05) is 0 Å². The van der Waals surface area contributed by atoms with Gasteiger partial charge in [0.1, 0.15) is 0 Å². The molecule has 0 aliphatic heterocycles. The standard InChI is InChI=1S/C8H14O/c1-3-5-7-9-8-6-4-2/h3,6,8H,1,4-5,7H2,2H3. The molecular formula is C8H14O. The second-order valence-corrected chi connectivity index (χ2v) is 1.73. The van der Waals surface area contributed by atoms with E-state index in [0.29, 0.717) is 0 Å². The number of hydrogen-bond acceptors (Lipinski definition) is 1. The third-order valence-corrected chi connectivity index (χ3v) is 0.868. The monoisotopic (exact) mass is 126 g/mol. The fourth-order valence-electron chi connectivity index (χ4n) is 0.384. The van der Waals surface area contributed by atoms with E-state index in [2.05, 4.69) is 13.5 Å². The summed E-state index contributed by atoms with van der Waals surface area (Å²) in [5.41, 5.74) is 0. The highest BCUT2D eigenvalue weighted by Crippen LogP contribution is 1.85. The Balaban J connectivity index is 2.90. The quantitative estimate of drug-likeness (QED) is 0.312. The molecule has 0 rings (SSSR count). The van der Waals surface area contributed by atoms with Gasteiger partial charge in [0.15, 0.2) is 0 Å². The summed E-state index contributed by atoms with van der Waals surface area (Å²) in [7, 11) is 0. The molecule has 0 bridgehead atoms. The summed E-state index contributed by atoms with van der Waals surface area (Å²) in [5, 5.41) is 0. The highest BCUT2D eigenvalue weighted by molar-refractivity contribution is 4.72. The van der Waals surface area contributed by atoms with Gasteiger partial charge >= 0.3 is 0 Å². The van der Waals surface area contributed by atoms with Crippen molar-refractivity contribution in [2.45, 2.75) is 19.8 Å². The fraction of sp³-hybridized carbons (Fsp3) is 0.500. The maximum atomic E-state index is 5.06. The second-order valence-electron chi connectivity index (χ2n) is 1.73. The van der Waals surface area contributed by atoms with Crippen LogP contribution in [0.25, 0.3) is 0 Å². The molecule has 0 aromatic heterocycles. The molecule has 0 spiro atoms. The average Bonchev–Trinajstić information content (AvgIpc) is 1.89. The number of hydrogen-bond donors (Lipinski definition) is 0. The smallest absolute Gasteiger partial charge is 0.0907 e. The van der Waals surface area contributed by atoms with E-state index in [4.69, 9.17) is 4.74 Å². The maximum absolute atomic E-state index is 5.06.